The number of hydrogen-bond acceptors (Lipinski definition) is 2. The van der Waals surface area contributed by atoms with Gasteiger partial charge in [-0.05, 0) is 54.0 Å². The van der Waals surface area contributed by atoms with Crippen LogP contribution in [0.1, 0.15) is 36.0 Å². The predicted molar refractivity (Wildman–Crippen MR) is 71.8 cm³/mol. The lowest BCUT2D eigenvalue weighted by Gasteiger charge is -2.21. The maximum absolute atomic E-state index is 11.6. The first-order valence-corrected chi connectivity index (χ1v) is 6.74. The van der Waals surface area contributed by atoms with Crippen molar-refractivity contribution in [1.82, 2.24) is 0 Å². The van der Waals surface area contributed by atoms with Gasteiger partial charge in [-0.1, -0.05) is 18.2 Å². The molecule has 0 radical (unpaired) electrons. The second-order valence-electron chi connectivity index (χ2n) is 5.33. The van der Waals surface area contributed by atoms with Gasteiger partial charge in [0.25, 0.3) is 0 Å². The Labute approximate surface area is 111 Å². The summed E-state index contributed by atoms with van der Waals surface area (Å²) in [7, 11) is 0. The molecule has 0 aromatic heterocycles. The molecule has 0 heterocycles. The fourth-order valence-electron chi connectivity index (χ4n) is 3.08. The Morgan fingerprint density at radius 2 is 1.95 bits per heavy atom. The van der Waals surface area contributed by atoms with Crippen LogP contribution in [0.4, 0.5) is 0 Å². The molecule has 1 unspecified atom stereocenters. The zero-order valence-electron chi connectivity index (χ0n) is 10.7. The molecule has 3 nitrogen and oxygen atoms in total. The Hall–Kier alpha value is -1.90. The number of aryl methyl sites for hydroxylation is 2. The molecule has 3 heteroatoms. The fraction of sp³-hybridized carbons (Fsp3) is 0.375. The number of fused-ring (bicyclic) bond motifs is 1. The van der Waals surface area contributed by atoms with Crippen LogP contribution in [0.2, 0.25) is 0 Å². The zero-order chi connectivity index (χ0) is 13.4. The normalized spacial score (nSPS) is 22.0. The molecule has 1 atom stereocenters. The summed E-state index contributed by atoms with van der Waals surface area (Å²) in [6.07, 6.45) is 5.61. The van der Waals surface area contributed by atoms with E-state index >= 15 is 0 Å². The molecule has 98 valence electrons. The Bertz CT molecular complexity index is 584. The van der Waals surface area contributed by atoms with Gasteiger partial charge in [0.05, 0.1) is 5.92 Å². The van der Waals surface area contributed by atoms with Gasteiger partial charge in [-0.3, -0.25) is 9.59 Å². The van der Waals surface area contributed by atoms with Crippen LogP contribution in [-0.2, 0) is 22.4 Å². The van der Waals surface area contributed by atoms with Crippen molar-refractivity contribution in [3.63, 3.8) is 0 Å². The second kappa shape index (κ2) is 4.65. The minimum absolute atomic E-state index is 0.0352. The molecule has 0 fully saturated rings. The van der Waals surface area contributed by atoms with Gasteiger partial charge in [-0.25, -0.2) is 0 Å². The molecule has 0 aliphatic heterocycles. The van der Waals surface area contributed by atoms with Crippen LogP contribution in [0.3, 0.4) is 0 Å². The number of hydrogen-bond donors (Lipinski definition) is 1. The summed E-state index contributed by atoms with van der Waals surface area (Å²) in [4.78, 5) is 22.9. The molecule has 2 aliphatic carbocycles. The van der Waals surface area contributed by atoms with E-state index in [1.165, 1.54) is 23.6 Å². The molecule has 1 aromatic carbocycles. The lowest BCUT2D eigenvalue weighted by Crippen LogP contribution is -2.21. The van der Waals surface area contributed by atoms with E-state index in [9.17, 15) is 14.7 Å². The van der Waals surface area contributed by atoms with Crippen LogP contribution < -0.4 is 0 Å². The van der Waals surface area contributed by atoms with Crippen LogP contribution in [0.15, 0.2) is 24.3 Å². The quantitative estimate of drug-likeness (QED) is 0.885. The van der Waals surface area contributed by atoms with Gasteiger partial charge < -0.3 is 5.11 Å². The van der Waals surface area contributed by atoms with E-state index in [0.29, 0.717) is 18.4 Å². The van der Waals surface area contributed by atoms with Gasteiger partial charge in [0.15, 0.2) is 5.78 Å². The number of carboxylic acid groups (broad SMARTS) is 1. The predicted octanol–water partition coefficient (Wildman–Crippen LogP) is 2.62. The molecular weight excluding hydrogens is 240 g/mol. The highest BCUT2D eigenvalue weighted by molar-refractivity contribution is 6.03. The van der Waals surface area contributed by atoms with Crippen molar-refractivity contribution >= 4 is 17.3 Å². The number of carbonyl (C=O) groups excluding carboxylic acids is 1. The molecule has 2 aliphatic rings. The van der Waals surface area contributed by atoms with Crippen molar-refractivity contribution in [3.8, 4) is 0 Å². The molecular formula is C16H16O3. The first-order chi connectivity index (χ1) is 9.15. The summed E-state index contributed by atoms with van der Waals surface area (Å²) in [5, 5.41) is 9.30. The molecule has 0 spiro atoms. The van der Waals surface area contributed by atoms with Gasteiger partial charge in [0, 0.05) is 6.42 Å². The highest BCUT2D eigenvalue weighted by Gasteiger charge is 2.28. The van der Waals surface area contributed by atoms with E-state index in [1.807, 2.05) is 6.07 Å². The van der Waals surface area contributed by atoms with Crippen molar-refractivity contribution in [3.05, 3.63) is 41.0 Å². The van der Waals surface area contributed by atoms with Gasteiger partial charge in [0.2, 0.25) is 0 Å². The molecule has 0 amide bonds. The number of ketones is 1. The molecule has 19 heavy (non-hydrogen) atoms. The fourth-order valence-corrected chi connectivity index (χ4v) is 3.08. The van der Waals surface area contributed by atoms with Gasteiger partial charge in [-0.2, -0.15) is 0 Å². The Balaban J connectivity index is 2.03. The first-order valence-electron chi connectivity index (χ1n) is 6.74. The van der Waals surface area contributed by atoms with E-state index < -0.39 is 11.9 Å². The molecule has 1 N–H and O–H groups in total. The standard InChI is InChI=1S/C16H16O3/c17-13-6-7-14(16(18)19)15(9-13)12-5-4-10-2-1-3-11(10)8-12/h4-5,8-9,14H,1-3,6-7H2,(H,18,19). The monoisotopic (exact) mass is 256 g/mol. The van der Waals surface area contributed by atoms with Crippen LogP contribution in [0, 0.1) is 5.92 Å². The molecule has 3 rings (SSSR count). The smallest absolute Gasteiger partial charge is 0.311 e. The van der Waals surface area contributed by atoms with Crippen molar-refractivity contribution in [1.29, 1.82) is 0 Å². The number of allylic oxidation sites excluding steroid dienone is 1. The SMILES string of the molecule is O=C1C=C(c2ccc3c(c2)CCC3)C(C(=O)O)CC1. The highest BCUT2D eigenvalue weighted by Crippen LogP contribution is 2.34. The highest BCUT2D eigenvalue weighted by atomic mass is 16.4. The minimum Gasteiger partial charge on any atom is -0.481 e. The Morgan fingerprint density at radius 3 is 2.74 bits per heavy atom. The molecule has 0 saturated carbocycles. The second-order valence-corrected chi connectivity index (χ2v) is 5.33. The van der Waals surface area contributed by atoms with Crippen LogP contribution in [0.5, 0.6) is 0 Å². The first kappa shape index (κ1) is 12.2. The lowest BCUT2D eigenvalue weighted by molar-refractivity contribution is -0.140. The third kappa shape index (κ3) is 2.21. The summed E-state index contributed by atoms with van der Waals surface area (Å²) < 4.78 is 0. The Morgan fingerprint density at radius 1 is 1.16 bits per heavy atom. The summed E-state index contributed by atoms with van der Waals surface area (Å²) >= 11 is 0. The maximum Gasteiger partial charge on any atom is 0.311 e. The van der Waals surface area contributed by atoms with E-state index in [2.05, 4.69) is 12.1 Å². The molecule has 0 saturated heterocycles. The summed E-state index contributed by atoms with van der Waals surface area (Å²) in [6.45, 7) is 0. The molecule has 0 bridgehead atoms. The topological polar surface area (TPSA) is 54.4 Å². The number of carboxylic acids is 1. The van der Waals surface area contributed by atoms with Crippen LogP contribution in [-0.4, -0.2) is 16.9 Å². The molecule has 1 aromatic rings. The lowest BCUT2D eigenvalue weighted by atomic mass is 9.82. The summed E-state index contributed by atoms with van der Waals surface area (Å²) in [5.74, 6) is -1.34. The van der Waals surface area contributed by atoms with Crippen molar-refractivity contribution < 1.29 is 14.7 Å². The average molecular weight is 256 g/mol. The van der Waals surface area contributed by atoms with E-state index in [-0.39, 0.29) is 5.78 Å². The van der Waals surface area contributed by atoms with E-state index in [1.54, 1.807) is 0 Å². The summed E-state index contributed by atoms with van der Waals surface area (Å²) in [6, 6.07) is 6.11. The van der Waals surface area contributed by atoms with Crippen LogP contribution >= 0.6 is 0 Å². The number of carbonyl (C=O) groups is 2. The van der Waals surface area contributed by atoms with Crippen molar-refractivity contribution in [2.75, 3.05) is 0 Å². The zero-order valence-corrected chi connectivity index (χ0v) is 10.7. The number of benzene rings is 1. The van der Waals surface area contributed by atoms with Gasteiger partial charge in [-0.15, -0.1) is 0 Å². The number of rotatable bonds is 2. The van der Waals surface area contributed by atoms with E-state index in [4.69, 9.17) is 0 Å². The van der Waals surface area contributed by atoms with E-state index in [0.717, 1.165) is 18.4 Å². The summed E-state index contributed by atoms with van der Waals surface area (Å²) in [5.41, 5.74) is 4.25. The number of aliphatic carboxylic acids is 1. The Kier molecular flexibility index (Phi) is 2.97. The van der Waals surface area contributed by atoms with Crippen LogP contribution in [0.25, 0.3) is 5.57 Å². The van der Waals surface area contributed by atoms with Gasteiger partial charge in [0.1, 0.15) is 0 Å². The van der Waals surface area contributed by atoms with Crippen molar-refractivity contribution in [2.24, 2.45) is 5.92 Å². The third-order valence-electron chi connectivity index (χ3n) is 4.10. The van der Waals surface area contributed by atoms with Crippen molar-refractivity contribution in [2.45, 2.75) is 32.1 Å². The maximum atomic E-state index is 11.6. The van der Waals surface area contributed by atoms with Gasteiger partial charge >= 0.3 is 5.97 Å². The third-order valence-corrected chi connectivity index (χ3v) is 4.10. The minimum atomic E-state index is -0.834. The average Bonchev–Trinajstić information content (AvgIpc) is 2.85. The largest absolute Gasteiger partial charge is 0.481 e.